The number of benzene rings is 2. The van der Waals surface area contributed by atoms with Crippen molar-refractivity contribution in [1.82, 2.24) is 10.2 Å². The second kappa shape index (κ2) is 9.73. The SMILES string of the molecule is COc1ccc(C=CC(=O)NC(C)C(=O)N2CC=C(c3ccccc3)CC2)cc1. The van der Waals surface area contributed by atoms with Crippen molar-refractivity contribution in [3.8, 4) is 5.75 Å². The molecule has 1 N–H and O–H groups in total. The van der Waals surface area contributed by atoms with Crippen LogP contribution in [0.2, 0.25) is 0 Å². The van der Waals surface area contributed by atoms with Crippen molar-refractivity contribution in [3.63, 3.8) is 0 Å². The van der Waals surface area contributed by atoms with Crippen LogP contribution in [0.3, 0.4) is 0 Å². The highest BCUT2D eigenvalue weighted by Crippen LogP contribution is 2.22. The Labute approximate surface area is 171 Å². The normalized spacial score (nSPS) is 15.0. The second-order valence-electron chi connectivity index (χ2n) is 6.97. The predicted molar refractivity (Wildman–Crippen MR) is 115 cm³/mol. The Kier molecular flexibility index (Phi) is 6.85. The zero-order valence-corrected chi connectivity index (χ0v) is 16.8. The van der Waals surface area contributed by atoms with Gasteiger partial charge in [-0.25, -0.2) is 0 Å². The largest absolute Gasteiger partial charge is 0.497 e. The molecular weight excluding hydrogens is 364 g/mol. The summed E-state index contributed by atoms with van der Waals surface area (Å²) >= 11 is 0. The van der Waals surface area contributed by atoms with Gasteiger partial charge in [0.05, 0.1) is 7.11 Å². The fourth-order valence-corrected chi connectivity index (χ4v) is 3.27. The predicted octanol–water partition coefficient (Wildman–Crippen LogP) is 3.53. The summed E-state index contributed by atoms with van der Waals surface area (Å²) in [5.41, 5.74) is 3.34. The summed E-state index contributed by atoms with van der Waals surface area (Å²) < 4.78 is 5.11. The lowest BCUT2D eigenvalue weighted by atomic mass is 9.99. The third-order valence-corrected chi connectivity index (χ3v) is 4.94. The molecule has 0 saturated heterocycles. The number of nitrogens with zero attached hydrogens (tertiary/aromatic N) is 1. The van der Waals surface area contributed by atoms with Crippen molar-refractivity contribution in [2.45, 2.75) is 19.4 Å². The number of ether oxygens (including phenoxy) is 1. The molecule has 2 amide bonds. The Bertz CT molecular complexity index is 901. The van der Waals surface area contributed by atoms with Crippen LogP contribution < -0.4 is 10.1 Å². The third kappa shape index (κ3) is 5.57. The van der Waals surface area contributed by atoms with Crippen molar-refractivity contribution >= 4 is 23.5 Å². The molecule has 0 fully saturated rings. The molecule has 1 aliphatic rings. The number of hydrogen-bond donors (Lipinski definition) is 1. The topological polar surface area (TPSA) is 58.6 Å². The summed E-state index contributed by atoms with van der Waals surface area (Å²) in [5, 5.41) is 2.75. The number of rotatable bonds is 6. The number of hydrogen-bond acceptors (Lipinski definition) is 3. The maximum atomic E-state index is 12.7. The van der Waals surface area contributed by atoms with Gasteiger partial charge in [-0.05, 0) is 48.3 Å². The van der Waals surface area contributed by atoms with E-state index in [1.54, 1.807) is 25.0 Å². The molecule has 2 aromatic carbocycles. The van der Waals surface area contributed by atoms with E-state index in [2.05, 4.69) is 23.5 Å². The lowest BCUT2D eigenvalue weighted by Gasteiger charge is -2.29. The van der Waals surface area contributed by atoms with Gasteiger partial charge in [-0.3, -0.25) is 9.59 Å². The minimum absolute atomic E-state index is 0.0699. The molecule has 1 heterocycles. The van der Waals surface area contributed by atoms with E-state index in [1.807, 2.05) is 42.5 Å². The molecule has 29 heavy (non-hydrogen) atoms. The minimum atomic E-state index is -0.574. The van der Waals surface area contributed by atoms with Crippen LogP contribution >= 0.6 is 0 Å². The van der Waals surface area contributed by atoms with Crippen LogP contribution in [0.5, 0.6) is 5.75 Å². The molecule has 5 heteroatoms. The molecule has 150 valence electrons. The number of amides is 2. The summed E-state index contributed by atoms with van der Waals surface area (Å²) in [6, 6.07) is 17.0. The van der Waals surface area contributed by atoms with Gasteiger partial charge >= 0.3 is 0 Å². The molecular formula is C24H26N2O3. The Balaban J connectivity index is 1.51. The fraction of sp³-hybridized carbons (Fsp3) is 0.250. The van der Waals surface area contributed by atoms with Crippen molar-refractivity contribution < 1.29 is 14.3 Å². The zero-order valence-electron chi connectivity index (χ0n) is 16.8. The van der Waals surface area contributed by atoms with Crippen LogP contribution in [0, 0.1) is 0 Å². The van der Waals surface area contributed by atoms with E-state index >= 15 is 0 Å². The van der Waals surface area contributed by atoms with Gasteiger partial charge in [-0.15, -0.1) is 0 Å². The van der Waals surface area contributed by atoms with E-state index in [0.717, 1.165) is 17.7 Å². The van der Waals surface area contributed by atoms with Crippen LogP contribution in [-0.4, -0.2) is 43.0 Å². The summed E-state index contributed by atoms with van der Waals surface area (Å²) in [7, 11) is 1.61. The van der Waals surface area contributed by atoms with E-state index in [0.29, 0.717) is 13.1 Å². The molecule has 0 aliphatic carbocycles. The summed E-state index contributed by atoms with van der Waals surface area (Å²) in [6.45, 7) is 2.93. The molecule has 1 unspecified atom stereocenters. The van der Waals surface area contributed by atoms with Gasteiger partial charge in [0, 0.05) is 19.2 Å². The number of nitrogens with one attached hydrogen (secondary N) is 1. The lowest BCUT2D eigenvalue weighted by molar-refractivity contribution is -0.134. The standard InChI is InChI=1S/C24H26N2O3/c1-18(25-23(27)13-10-19-8-11-22(29-2)12-9-19)24(28)26-16-14-21(15-17-26)20-6-4-3-5-7-20/h3-14,18H,15-17H2,1-2H3,(H,25,27). The summed E-state index contributed by atoms with van der Waals surface area (Å²) in [6.07, 6.45) is 6.06. The summed E-state index contributed by atoms with van der Waals surface area (Å²) in [5.74, 6) is 0.399. The van der Waals surface area contributed by atoms with Crippen molar-refractivity contribution in [1.29, 1.82) is 0 Å². The number of carbonyl (C=O) groups is 2. The molecule has 0 spiro atoms. The Morgan fingerprint density at radius 2 is 1.83 bits per heavy atom. The molecule has 0 radical (unpaired) electrons. The number of carbonyl (C=O) groups excluding carboxylic acids is 2. The molecule has 1 atom stereocenters. The minimum Gasteiger partial charge on any atom is -0.497 e. The first-order valence-electron chi connectivity index (χ1n) is 9.72. The highest BCUT2D eigenvalue weighted by molar-refractivity contribution is 5.95. The highest BCUT2D eigenvalue weighted by atomic mass is 16.5. The maximum Gasteiger partial charge on any atom is 0.245 e. The Morgan fingerprint density at radius 1 is 1.10 bits per heavy atom. The highest BCUT2D eigenvalue weighted by Gasteiger charge is 2.23. The first-order valence-corrected chi connectivity index (χ1v) is 9.72. The van der Waals surface area contributed by atoms with Gasteiger partial charge in [-0.2, -0.15) is 0 Å². The van der Waals surface area contributed by atoms with E-state index < -0.39 is 6.04 Å². The van der Waals surface area contributed by atoms with E-state index in [4.69, 9.17) is 4.74 Å². The smallest absolute Gasteiger partial charge is 0.245 e. The van der Waals surface area contributed by atoms with E-state index in [9.17, 15) is 9.59 Å². The van der Waals surface area contributed by atoms with Gasteiger partial charge in [0.25, 0.3) is 0 Å². The van der Waals surface area contributed by atoms with Crippen molar-refractivity contribution in [3.05, 3.63) is 77.9 Å². The van der Waals surface area contributed by atoms with Crippen LogP contribution in [0.1, 0.15) is 24.5 Å². The van der Waals surface area contributed by atoms with Crippen molar-refractivity contribution in [2.24, 2.45) is 0 Å². The Morgan fingerprint density at radius 3 is 2.45 bits per heavy atom. The van der Waals surface area contributed by atoms with Gasteiger partial charge in [-0.1, -0.05) is 48.5 Å². The number of methoxy groups -OCH3 is 1. The van der Waals surface area contributed by atoms with Gasteiger partial charge in [0.1, 0.15) is 11.8 Å². The first kappa shape index (κ1) is 20.4. The first-order chi connectivity index (χ1) is 14.1. The third-order valence-electron chi connectivity index (χ3n) is 4.94. The van der Waals surface area contributed by atoms with E-state index in [1.165, 1.54) is 17.2 Å². The average Bonchev–Trinajstić information content (AvgIpc) is 2.78. The quantitative estimate of drug-likeness (QED) is 0.768. The van der Waals surface area contributed by atoms with Crippen LogP contribution in [0.15, 0.2) is 66.7 Å². The lowest BCUT2D eigenvalue weighted by Crippen LogP contribution is -2.47. The molecule has 0 aromatic heterocycles. The van der Waals surface area contributed by atoms with Gasteiger partial charge in [0.15, 0.2) is 0 Å². The Hall–Kier alpha value is -3.34. The monoisotopic (exact) mass is 390 g/mol. The average molecular weight is 390 g/mol. The van der Waals surface area contributed by atoms with E-state index in [-0.39, 0.29) is 11.8 Å². The molecule has 0 bridgehead atoms. The van der Waals surface area contributed by atoms with Crippen LogP contribution in [0.4, 0.5) is 0 Å². The van der Waals surface area contributed by atoms with Gasteiger partial charge < -0.3 is 15.0 Å². The van der Waals surface area contributed by atoms with Crippen molar-refractivity contribution in [2.75, 3.05) is 20.2 Å². The summed E-state index contributed by atoms with van der Waals surface area (Å²) in [4.78, 5) is 26.6. The van der Waals surface area contributed by atoms with Crippen LogP contribution in [-0.2, 0) is 9.59 Å². The molecule has 3 rings (SSSR count). The van der Waals surface area contributed by atoms with Gasteiger partial charge in [0.2, 0.25) is 11.8 Å². The fourth-order valence-electron chi connectivity index (χ4n) is 3.27. The molecule has 5 nitrogen and oxygen atoms in total. The zero-order chi connectivity index (χ0) is 20.6. The molecule has 1 aliphatic heterocycles. The molecule has 0 saturated carbocycles. The maximum absolute atomic E-state index is 12.7. The molecule has 2 aromatic rings. The second-order valence-corrected chi connectivity index (χ2v) is 6.97. The van der Waals surface area contributed by atoms with Crippen LogP contribution in [0.25, 0.3) is 11.6 Å².